The van der Waals surface area contributed by atoms with Crippen LogP contribution < -0.4 is 47.2 Å². The number of aromatic nitrogens is 3. The molecule has 6 aliphatic heterocycles. The maximum Gasteiger partial charge on any atom is 0.329 e. The standard InChI is InChI=1S/3C42H25BN2O/c1-2-12-26(13-3-1)44-37-25-24-34-39(40(37)32-23-22-30-29-16-7-11-21-38(29)46-42(30)41(32)44)31-17-6-10-20-36(31)45-35-19-9-5-15-28(35)27-14-4-8-18-33(27)43(34)45;1-2-12-26(13-3-1)44-38-24-34-30-17-7-11-21-39(30)46-40(34)25-33(38)32-23-22-31-28-15-5-9-19-36(28)43-35-18-8-4-14-27(35)29-16-6-10-20-37(29)45(43)42(31)41(32)44;1-2-12-26(13-3-1)44-39-25-36-33(24-34(39)31-22-23-32-30-17-7-11-21-40(30)46-42(32)41(31)44)29-16-6-10-20-38(29)45-37-19-9-5-15-28(37)27-14-4-8-18-35(27)43(36)45/h3*1-25H. The van der Waals surface area contributed by atoms with Crippen LogP contribution in [0.15, 0.2) is 468 Å². The van der Waals surface area contributed by atoms with Gasteiger partial charge in [0.25, 0.3) is 0 Å². The highest BCUT2D eigenvalue weighted by Crippen LogP contribution is 2.56. The van der Waals surface area contributed by atoms with Crippen molar-refractivity contribution in [3.63, 3.8) is 0 Å². The monoisotopic (exact) mass is 1750 g/mol. The molecule has 6 aromatic heterocycles. The third-order valence-corrected chi connectivity index (χ3v) is 30.5. The van der Waals surface area contributed by atoms with Gasteiger partial charge in [-0.25, -0.2) is 0 Å². The van der Waals surface area contributed by atoms with Gasteiger partial charge in [-0.2, -0.15) is 0 Å². The Hall–Kier alpha value is -18.0. The van der Waals surface area contributed by atoms with Gasteiger partial charge in [0.2, 0.25) is 0 Å². The van der Waals surface area contributed by atoms with Crippen molar-refractivity contribution in [1.29, 1.82) is 0 Å². The molecule has 636 valence electrons. The summed E-state index contributed by atoms with van der Waals surface area (Å²) < 4.78 is 27.1. The van der Waals surface area contributed by atoms with E-state index in [9.17, 15) is 0 Å². The van der Waals surface area contributed by atoms with Crippen LogP contribution in [0, 0.1) is 0 Å². The zero-order valence-electron chi connectivity index (χ0n) is 74.4. The van der Waals surface area contributed by atoms with Crippen molar-refractivity contribution in [2.24, 2.45) is 0 Å². The molecule has 12 heteroatoms. The summed E-state index contributed by atoms with van der Waals surface area (Å²) in [5, 5.41) is 14.1. The molecule has 0 radical (unpaired) electrons. The van der Waals surface area contributed by atoms with Gasteiger partial charge in [-0.15, -0.1) is 0 Å². The number of benzene rings is 21. The van der Waals surface area contributed by atoms with Gasteiger partial charge in [0, 0.05) is 144 Å². The fourth-order valence-electron chi connectivity index (χ4n) is 25.0. The van der Waals surface area contributed by atoms with E-state index >= 15 is 0 Å². The molecule has 0 bridgehead atoms. The molecule has 0 spiro atoms. The van der Waals surface area contributed by atoms with Gasteiger partial charge in [-0.05, 0) is 194 Å². The lowest BCUT2D eigenvalue weighted by molar-refractivity contribution is 0.669. The summed E-state index contributed by atoms with van der Waals surface area (Å²) in [6.07, 6.45) is 0. The highest BCUT2D eigenvalue weighted by atomic mass is 16.3. The Morgan fingerprint density at radius 1 is 0.174 bits per heavy atom. The zero-order chi connectivity index (χ0) is 89.8. The number of fused-ring (bicyclic) bond motifs is 55. The summed E-state index contributed by atoms with van der Waals surface area (Å²) in [5.74, 6) is 0. The molecular formula is C126H75B3N6O3. The zero-order valence-corrected chi connectivity index (χ0v) is 74.4. The first-order valence-corrected chi connectivity index (χ1v) is 47.7. The number of nitrogens with zero attached hydrogens (tertiary/aromatic N) is 6. The molecule has 0 fully saturated rings. The number of hydrogen-bond donors (Lipinski definition) is 0. The van der Waals surface area contributed by atoms with Crippen molar-refractivity contribution in [2.45, 2.75) is 0 Å². The summed E-state index contributed by atoms with van der Waals surface area (Å²) in [7, 11) is 0. The van der Waals surface area contributed by atoms with Gasteiger partial charge < -0.3 is 41.4 Å². The van der Waals surface area contributed by atoms with E-state index in [1.165, 1.54) is 188 Å². The number of furan rings is 3. The highest BCUT2D eigenvalue weighted by molar-refractivity contribution is 6.94. The molecule has 12 heterocycles. The summed E-state index contributed by atoms with van der Waals surface area (Å²) >= 11 is 0. The molecular weight excluding hydrogens is 1680 g/mol. The van der Waals surface area contributed by atoms with Gasteiger partial charge in [-0.1, -0.05) is 328 Å². The third kappa shape index (κ3) is 10.4. The predicted octanol–water partition coefficient (Wildman–Crippen LogP) is 28.8. The minimum Gasteiger partial charge on any atom is -0.456 e. The smallest absolute Gasteiger partial charge is 0.329 e. The Kier molecular flexibility index (Phi) is 15.8. The fraction of sp³-hybridized carbons (Fsp3) is 0. The first kappa shape index (κ1) is 75.5. The molecule has 0 saturated heterocycles. The Balaban J connectivity index is 0.0000000959. The van der Waals surface area contributed by atoms with E-state index in [0.717, 1.165) is 93.9 Å². The largest absolute Gasteiger partial charge is 0.456 e. The second kappa shape index (κ2) is 28.8. The lowest BCUT2D eigenvalue weighted by Gasteiger charge is -2.43. The lowest BCUT2D eigenvalue weighted by atomic mass is 9.43. The molecule has 0 saturated carbocycles. The quantitative estimate of drug-likeness (QED) is 0.164. The summed E-state index contributed by atoms with van der Waals surface area (Å²) in [4.78, 5) is 7.75. The first-order valence-electron chi connectivity index (χ1n) is 47.7. The van der Waals surface area contributed by atoms with Crippen LogP contribution in [-0.4, -0.2) is 34.2 Å². The SMILES string of the molecule is c1ccc(-n2c3cc4c(cc3c3ccc5c(c32)N2B(c3ccccc3-c3ccccc32)c2ccccc2-5)oc2ccccc24)cc1.c1ccc(-n2c3cc4c(cc3c3ccc5c6ccccc6oc5c32)-c2ccccc2N2B4c3ccccc3-c3ccccc32)cc1.c1ccc(-n2c3ccc4c(c3c3ccc5c6ccccc6oc5c32)-c2ccccc2N2B4c3ccccc3-c3ccccc32)cc1. The topological polar surface area (TPSA) is 63.9 Å². The fourth-order valence-corrected chi connectivity index (χ4v) is 25.0. The predicted molar refractivity (Wildman–Crippen MR) is 578 cm³/mol. The molecule has 33 rings (SSSR count). The molecule has 0 unspecified atom stereocenters. The van der Waals surface area contributed by atoms with Crippen LogP contribution in [0.4, 0.5) is 34.1 Å². The summed E-state index contributed by atoms with van der Waals surface area (Å²) in [6.45, 7) is 0.127. The molecule has 0 N–H and O–H groups in total. The number of rotatable bonds is 3. The Morgan fingerprint density at radius 2 is 0.522 bits per heavy atom. The minimum atomic E-state index is 0.0360. The number of para-hydroxylation sites is 11. The normalized spacial score (nSPS) is 13.1. The van der Waals surface area contributed by atoms with Crippen LogP contribution in [0.2, 0.25) is 0 Å². The average molecular weight is 1750 g/mol. The summed E-state index contributed by atoms with van der Waals surface area (Å²) in [6, 6.07) is 166. The summed E-state index contributed by atoms with van der Waals surface area (Å²) in [5.41, 5.74) is 46.7. The molecule has 27 aromatic rings. The molecule has 0 atom stereocenters. The Morgan fingerprint density at radius 3 is 1.04 bits per heavy atom. The van der Waals surface area contributed by atoms with E-state index in [4.69, 9.17) is 13.3 Å². The van der Waals surface area contributed by atoms with Crippen molar-refractivity contribution in [3.8, 4) is 83.8 Å². The number of hydrogen-bond acceptors (Lipinski definition) is 6. The third-order valence-electron chi connectivity index (χ3n) is 30.5. The molecule has 21 aromatic carbocycles. The van der Waals surface area contributed by atoms with Crippen LogP contribution in [0.5, 0.6) is 0 Å². The second-order valence-corrected chi connectivity index (χ2v) is 37.3. The second-order valence-electron chi connectivity index (χ2n) is 37.3. The molecule has 138 heavy (non-hydrogen) atoms. The van der Waals surface area contributed by atoms with Crippen molar-refractivity contribution >= 4 is 219 Å². The van der Waals surface area contributed by atoms with E-state index in [1.54, 1.807) is 0 Å². The van der Waals surface area contributed by atoms with E-state index < -0.39 is 0 Å². The van der Waals surface area contributed by atoms with Gasteiger partial charge in [0.05, 0.1) is 38.8 Å². The average Bonchev–Trinajstić information content (AvgIpc) is 1.49. The van der Waals surface area contributed by atoms with Crippen molar-refractivity contribution in [2.75, 3.05) is 14.4 Å². The van der Waals surface area contributed by atoms with Gasteiger partial charge >= 0.3 is 20.5 Å². The van der Waals surface area contributed by atoms with Crippen LogP contribution in [-0.2, 0) is 0 Å². The van der Waals surface area contributed by atoms with E-state index in [2.05, 4.69) is 465 Å². The first-order chi connectivity index (χ1) is 68.6. The van der Waals surface area contributed by atoms with Crippen molar-refractivity contribution in [3.05, 3.63) is 455 Å². The van der Waals surface area contributed by atoms with Crippen LogP contribution in [0.1, 0.15) is 0 Å². The molecule has 6 aliphatic rings. The number of anilines is 6. The van der Waals surface area contributed by atoms with Crippen LogP contribution >= 0.6 is 0 Å². The Labute approximate surface area is 793 Å². The minimum absolute atomic E-state index is 0.0360. The van der Waals surface area contributed by atoms with Crippen LogP contribution in [0.3, 0.4) is 0 Å². The lowest BCUT2D eigenvalue weighted by Crippen LogP contribution is -2.59. The van der Waals surface area contributed by atoms with E-state index in [0.29, 0.717) is 0 Å². The van der Waals surface area contributed by atoms with Gasteiger partial charge in [0.1, 0.15) is 22.3 Å². The maximum absolute atomic E-state index is 6.71. The molecule has 0 amide bonds. The van der Waals surface area contributed by atoms with Gasteiger partial charge in [-0.3, -0.25) is 0 Å². The Bertz CT molecular complexity index is 9960. The van der Waals surface area contributed by atoms with E-state index in [1.807, 2.05) is 18.2 Å². The molecule has 0 aliphatic carbocycles. The molecule has 9 nitrogen and oxygen atoms in total. The van der Waals surface area contributed by atoms with E-state index in [-0.39, 0.29) is 20.5 Å². The van der Waals surface area contributed by atoms with Crippen molar-refractivity contribution in [1.82, 2.24) is 13.7 Å². The van der Waals surface area contributed by atoms with Crippen molar-refractivity contribution < 1.29 is 13.3 Å². The van der Waals surface area contributed by atoms with Gasteiger partial charge in [0.15, 0.2) is 11.2 Å². The van der Waals surface area contributed by atoms with Crippen LogP contribution in [0.25, 0.3) is 215 Å². The highest BCUT2D eigenvalue weighted by Gasteiger charge is 2.48. The maximum atomic E-state index is 6.71.